The van der Waals surface area contributed by atoms with Crippen molar-refractivity contribution < 1.29 is 4.74 Å². The molecule has 2 aromatic carbocycles. The van der Waals surface area contributed by atoms with Crippen LogP contribution in [0.4, 0.5) is 0 Å². The van der Waals surface area contributed by atoms with Gasteiger partial charge in [-0.25, -0.2) is 0 Å². The monoisotopic (exact) mass is 412 g/mol. The Morgan fingerprint density at radius 2 is 1.85 bits per heavy atom. The summed E-state index contributed by atoms with van der Waals surface area (Å²) in [6.07, 6.45) is 7.29. The zero-order valence-electron chi connectivity index (χ0n) is 15.1. The Kier molecular flexibility index (Phi) is 6.64. The Labute approximate surface area is 163 Å². The Bertz CT molecular complexity index is 848. The van der Waals surface area contributed by atoms with Gasteiger partial charge < -0.3 is 4.74 Å². The Hall–Kier alpha value is -1.91. The second-order valence-corrected chi connectivity index (χ2v) is 7.47. The number of halogens is 1. The first-order valence-electron chi connectivity index (χ1n) is 9.24. The van der Waals surface area contributed by atoms with E-state index in [2.05, 4.69) is 46.0 Å². The highest BCUT2D eigenvalue weighted by Gasteiger charge is 2.09. The topological polar surface area (TPSA) is 48.1 Å². The molecule has 0 saturated heterocycles. The molecule has 0 amide bonds. The quantitative estimate of drug-likeness (QED) is 0.348. The van der Waals surface area contributed by atoms with Gasteiger partial charge >= 0.3 is 0 Å². The molecule has 26 heavy (non-hydrogen) atoms. The Balaban J connectivity index is 1.76. The van der Waals surface area contributed by atoms with Crippen LogP contribution in [0.3, 0.4) is 0 Å². The van der Waals surface area contributed by atoms with Crippen LogP contribution in [-0.2, 0) is 0 Å². The Morgan fingerprint density at radius 3 is 2.62 bits per heavy atom. The molecule has 2 N–H and O–H groups in total. The van der Waals surface area contributed by atoms with E-state index in [1.807, 2.05) is 36.5 Å². The first kappa shape index (κ1) is 18.9. The van der Waals surface area contributed by atoms with Gasteiger partial charge in [0.2, 0.25) is 0 Å². The number of pyridine rings is 1. The standard InChI is InChI=1S/C22H25BrN2O/c1-2-3-4-5-6-21(24)26-19-11-12-20-17(15-19)13-14-25-22(20)16-7-9-18(23)10-8-16/h7-15,21H,2-6,24H2,1H3. The number of benzene rings is 2. The molecular formula is C22H25BrN2O. The van der Waals surface area contributed by atoms with Crippen LogP contribution in [0.15, 0.2) is 59.2 Å². The second-order valence-electron chi connectivity index (χ2n) is 6.56. The fourth-order valence-corrected chi connectivity index (χ4v) is 3.34. The highest BCUT2D eigenvalue weighted by atomic mass is 79.9. The molecule has 0 fully saturated rings. The van der Waals surface area contributed by atoms with Crippen molar-refractivity contribution in [2.45, 2.75) is 45.3 Å². The molecule has 136 valence electrons. The second kappa shape index (κ2) is 9.15. The number of unbranched alkanes of at least 4 members (excludes halogenated alkanes) is 3. The number of hydrogen-bond acceptors (Lipinski definition) is 3. The molecule has 0 bridgehead atoms. The third-order valence-electron chi connectivity index (χ3n) is 4.48. The van der Waals surface area contributed by atoms with Crippen LogP contribution in [0.25, 0.3) is 22.0 Å². The van der Waals surface area contributed by atoms with E-state index in [1.54, 1.807) is 0 Å². The summed E-state index contributed by atoms with van der Waals surface area (Å²) in [5.41, 5.74) is 8.20. The van der Waals surface area contributed by atoms with Crippen molar-refractivity contribution in [3.63, 3.8) is 0 Å². The summed E-state index contributed by atoms with van der Waals surface area (Å²) in [5.74, 6) is 0.813. The molecule has 0 aliphatic heterocycles. The number of ether oxygens (including phenoxy) is 1. The molecule has 0 radical (unpaired) electrons. The van der Waals surface area contributed by atoms with Gasteiger partial charge in [0.15, 0.2) is 0 Å². The number of nitrogens with zero attached hydrogens (tertiary/aromatic N) is 1. The van der Waals surface area contributed by atoms with Crippen molar-refractivity contribution in [3.05, 3.63) is 59.2 Å². The van der Waals surface area contributed by atoms with E-state index in [1.165, 1.54) is 19.3 Å². The molecule has 1 aromatic heterocycles. The van der Waals surface area contributed by atoms with Gasteiger partial charge in [0.05, 0.1) is 5.69 Å². The number of rotatable bonds is 8. The average molecular weight is 413 g/mol. The maximum atomic E-state index is 6.13. The molecule has 1 atom stereocenters. The van der Waals surface area contributed by atoms with Crippen molar-refractivity contribution in [3.8, 4) is 17.0 Å². The number of fused-ring (bicyclic) bond motifs is 1. The van der Waals surface area contributed by atoms with Gasteiger partial charge in [0.25, 0.3) is 0 Å². The van der Waals surface area contributed by atoms with Gasteiger partial charge in [-0.05, 0) is 54.6 Å². The lowest BCUT2D eigenvalue weighted by Gasteiger charge is -2.15. The number of aromatic nitrogens is 1. The van der Waals surface area contributed by atoms with Crippen LogP contribution >= 0.6 is 15.9 Å². The lowest BCUT2D eigenvalue weighted by atomic mass is 10.0. The molecular weight excluding hydrogens is 388 g/mol. The van der Waals surface area contributed by atoms with Crippen molar-refractivity contribution in [1.29, 1.82) is 0 Å². The smallest absolute Gasteiger partial charge is 0.147 e. The SMILES string of the molecule is CCCCCCC(N)Oc1ccc2c(-c3ccc(Br)cc3)nccc2c1. The lowest BCUT2D eigenvalue weighted by Crippen LogP contribution is -2.26. The van der Waals surface area contributed by atoms with Crippen LogP contribution < -0.4 is 10.5 Å². The molecule has 0 aliphatic carbocycles. The Morgan fingerprint density at radius 1 is 1.04 bits per heavy atom. The van der Waals surface area contributed by atoms with Gasteiger partial charge in [0.1, 0.15) is 12.0 Å². The highest BCUT2D eigenvalue weighted by Crippen LogP contribution is 2.30. The average Bonchev–Trinajstić information content (AvgIpc) is 2.65. The molecule has 3 nitrogen and oxygen atoms in total. The minimum Gasteiger partial charge on any atom is -0.476 e. The molecule has 3 rings (SSSR count). The van der Waals surface area contributed by atoms with Crippen molar-refractivity contribution in [1.82, 2.24) is 4.98 Å². The van der Waals surface area contributed by atoms with Crippen LogP contribution in [0, 0.1) is 0 Å². The molecule has 0 saturated carbocycles. The molecule has 0 aliphatic rings. The van der Waals surface area contributed by atoms with Gasteiger partial charge in [-0.1, -0.05) is 54.2 Å². The summed E-state index contributed by atoms with van der Waals surface area (Å²) in [6, 6.07) is 16.3. The highest BCUT2D eigenvalue weighted by molar-refractivity contribution is 9.10. The summed E-state index contributed by atoms with van der Waals surface area (Å²) < 4.78 is 6.98. The van der Waals surface area contributed by atoms with E-state index >= 15 is 0 Å². The van der Waals surface area contributed by atoms with Crippen LogP contribution in [0.2, 0.25) is 0 Å². The summed E-state index contributed by atoms with van der Waals surface area (Å²) in [6.45, 7) is 2.21. The summed E-state index contributed by atoms with van der Waals surface area (Å²) in [4.78, 5) is 4.57. The first-order valence-corrected chi connectivity index (χ1v) is 10.0. The van der Waals surface area contributed by atoms with Crippen LogP contribution in [0.1, 0.15) is 39.0 Å². The molecule has 0 spiro atoms. The predicted molar refractivity (Wildman–Crippen MR) is 112 cm³/mol. The molecule has 3 aromatic rings. The number of hydrogen-bond donors (Lipinski definition) is 1. The minimum absolute atomic E-state index is 0.253. The third-order valence-corrected chi connectivity index (χ3v) is 5.01. The van der Waals surface area contributed by atoms with Crippen molar-refractivity contribution >= 4 is 26.7 Å². The van der Waals surface area contributed by atoms with Gasteiger partial charge in [-0.3, -0.25) is 10.7 Å². The lowest BCUT2D eigenvalue weighted by molar-refractivity contribution is 0.194. The van der Waals surface area contributed by atoms with E-state index in [0.717, 1.165) is 45.1 Å². The first-order chi connectivity index (χ1) is 12.7. The largest absolute Gasteiger partial charge is 0.476 e. The summed E-state index contributed by atoms with van der Waals surface area (Å²) in [5, 5.41) is 2.22. The van der Waals surface area contributed by atoms with E-state index in [9.17, 15) is 0 Å². The van der Waals surface area contributed by atoms with E-state index in [4.69, 9.17) is 10.5 Å². The maximum absolute atomic E-state index is 6.13. The zero-order chi connectivity index (χ0) is 18.4. The summed E-state index contributed by atoms with van der Waals surface area (Å²) >= 11 is 3.48. The molecule has 1 unspecified atom stereocenters. The van der Waals surface area contributed by atoms with E-state index in [0.29, 0.717) is 0 Å². The molecule has 4 heteroatoms. The number of nitrogens with two attached hydrogens (primary N) is 1. The summed E-state index contributed by atoms with van der Waals surface area (Å²) in [7, 11) is 0. The predicted octanol–water partition coefficient (Wildman–Crippen LogP) is 6.30. The van der Waals surface area contributed by atoms with Gasteiger partial charge in [-0.2, -0.15) is 0 Å². The fraction of sp³-hybridized carbons (Fsp3) is 0.318. The zero-order valence-corrected chi connectivity index (χ0v) is 16.7. The van der Waals surface area contributed by atoms with Gasteiger partial charge in [0, 0.05) is 21.6 Å². The van der Waals surface area contributed by atoms with Crippen LogP contribution in [-0.4, -0.2) is 11.2 Å². The fourth-order valence-electron chi connectivity index (χ4n) is 3.07. The minimum atomic E-state index is -0.253. The maximum Gasteiger partial charge on any atom is 0.147 e. The molecule has 1 heterocycles. The van der Waals surface area contributed by atoms with Crippen LogP contribution in [0.5, 0.6) is 5.75 Å². The van der Waals surface area contributed by atoms with Crippen molar-refractivity contribution in [2.24, 2.45) is 5.73 Å². The van der Waals surface area contributed by atoms with Gasteiger partial charge in [-0.15, -0.1) is 0 Å². The normalized spacial score (nSPS) is 12.3. The van der Waals surface area contributed by atoms with Crippen molar-refractivity contribution in [2.75, 3.05) is 0 Å². The third kappa shape index (κ3) is 4.83. The van der Waals surface area contributed by atoms with E-state index < -0.39 is 0 Å². The van der Waals surface area contributed by atoms with E-state index in [-0.39, 0.29) is 6.23 Å².